The van der Waals surface area contributed by atoms with Crippen LogP contribution in [-0.4, -0.2) is 32.3 Å². The second-order valence-electron chi connectivity index (χ2n) is 5.96. The number of halogens is 1. The zero-order valence-electron chi connectivity index (χ0n) is 14.1. The molecular weight excluding hydrogens is 374 g/mol. The lowest BCUT2D eigenvalue weighted by molar-refractivity contribution is -0.384. The molecule has 27 heavy (non-hydrogen) atoms. The Kier molecular flexibility index (Phi) is 5.80. The van der Waals surface area contributed by atoms with Crippen molar-refractivity contribution in [2.45, 2.75) is 19.3 Å². The second-order valence-corrected chi connectivity index (χ2v) is 6.39. The summed E-state index contributed by atoms with van der Waals surface area (Å²) >= 11 is 5.81. The van der Waals surface area contributed by atoms with Gasteiger partial charge in [-0.25, -0.2) is 4.98 Å². The van der Waals surface area contributed by atoms with Crippen molar-refractivity contribution in [1.29, 1.82) is 0 Å². The van der Waals surface area contributed by atoms with Gasteiger partial charge in [0.2, 0.25) is 0 Å². The maximum Gasteiger partial charge on any atom is 0.270 e. The summed E-state index contributed by atoms with van der Waals surface area (Å²) < 4.78 is 6.66. The first-order chi connectivity index (χ1) is 12.9. The van der Waals surface area contributed by atoms with Gasteiger partial charge in [0.05, 0.1) is 48.0 Å². The minimum absolute atomic E-state index is 0.0159. The Bertz CT molecular complexity index is 1020. The van der Waals surface area contributed by atoms with Crippen LogP contribution in [0.5, 0.6) is 0 Å². The van der Waals surface area contributed by atoms with Crippen LogP contribution in [0.1, 0.15) is 5.56 Å². The normalized spacial score (nSPS) is 12.2. The van der Waals surface area contributed by atoms with Crippen LogP contribution in [0.25, 0.3) is 10.9 Å². The Hall–Kier alpha value is -2.81. The smallest absolute Gasteiger partial charge is 0.270 e. The molecule has 0 aliphatic heterocycles. The number of non-ortho nitro benzene ring substituents is 1. The average molecular weight is 390 g/mol. The van der Waals surface area contributed by atoms with Crippen molar-refractivity contribution in [2.75, 3.05) is 6.61 Å². The van der Waals surface area contributed by atoms with Gasteiger partial charge in [-0.15, -0.1) is 0 Å². The lowest BCUT2D eigenvalue weighted by Gasteiger charge is -2.13. The van der Waals surface area contributed by atoms with Crippen molar-refractivity contribution in [3.63, 3.8) is 0 Å². The number of hydrogen-bond donors (Lipinski definition) is 1. The summed E-state index contributed by atoms with van der Waals surface area (Å²) in [6.45, 7) is 0.276. The maximum atomic E-state index is 12.5. The Morgan fingerprint density at radius 1 is 1.26 bits per heavy atom. The number of aliphatic hydroxyl groups is 1. The molecule has 8 nitrogen and oxygen atoms in total. The van der Waals surface area contributed by atoms with E-state index in [0.717, 1.165) is 5.56 Å². The highest BCUT2D eigenvalue weighted by atomic mass is 35.5. The number of nitro benzene ring substituents is 1. The van der Waals surface area contributed by atoms with Crippen molar-refractivity contribution in [3.8, 4) is 0 Å². The highest BCUT2D eigenvalue weighted by molar-refractivity contribution is 6.30. The zero-order chi connectivity index (χ0) is 19.4. The molecule has 1 aromatic heterocycles. The third-order valence-corrected chi connectivity index (χ3v) is 4.17. The first kappa shape index (κ1) is 19.0. The molecule has 1 heterocycles. The molecular formula is C18H16ClN3O5. The van der Waals surface area contributed by atoms with Gasteiger partial charge >= 0.3 is 0 Å². The molecule has 1 N–H and O–H groups in total. The van der Waals surface area contributed by atoms with Crippen molar-refractivity contribution >= 4 is 28.2 Å². The summed E-state index contributed by atoms with van der Waals surface area (Å²) in [5, 5.41) is 21.8. The van der Waals surface area contributed by atoms with Crippen LogP contribution in [0.2, 0.25) is 5.02 Å². The van der Waals surface area contributed by atoms with Gasteiger partial charge in [-0.3, -0.25) is 19.5 Å². The predicted molar refractivity (Wildman–Crippen MR) is 99.8 cm³/mol. The maximum absolute atomic E-state index is 12.5. The van der Waals surface area contributed by atoms with E-state index in [9.17, 15) is 20.0 Å². The van der Waals surface area contributed by atoms with Crippen molar-refractivity contribution in [1.82, 2.24) is 9.55 Å². The summed E-state index contributed by atoms with van der Waals surface area (Å²) in [7, 11) is 0. The van der Waals surface area contributed by atoms with Crippen LogP contribution >= 0.6 is 11.6 Å². The minimum atomic E-state index is -0.937. The van der Waals surface area contributed by atoms with E-state index < -0.39 is 16.6 Å². The number of nitro groups is 1. The van der Waals surface area contributed by atoms with Gasteiger partial charge < -0.3 is 9.84 Å². The fourth-order valence-electron chi connectivity index (χ4n) is 2.56. The topological polar surface area (TPSA) is 107 Å². The Balaban J connectivity index is 1.66. The highest BCUT2D eigenvalue weighted by Crippen LogP contribution is 2.16. The first-order valence-corrected chi connectivity index (χ1v) is 8.45. The van der Waals surface area contributed by atoms with E-state index in [0.29, 0.717) is 17.1 Å². The number of aromatic nitrogens is 2. The minimum Gasteiger partial charge on any atom is -0.389 e. The monoisotopic (exact) mass is 389 g/mol. The van der Waals surface area contributed by atoms with Crippen molar-refractivity contribution in [2.24, 2.45) is 0 Å². The zero-order valence-corrected chi connectivity index (χ0v) is 14.9. The molecule has 140 valence electrons. The fraction of sp³-hybridized carbons (Fsp3) is 0.222. The lowest BCUT2D eigenvalue weighted by Crippen LogP contribution is -2.29. The average Bonchev–Trinajstić information content (AvgIpc) is 2.65. The standard InChI is InChI=1S/C18H16ClN3O5/c19-13-3-1-12(2-4-13)9-27-10-15(23)8-21-11-20-17-6-5-14(22(25)26)7-16(17)18(21)24/h1-7,11,15,23H,8-10H2/t15-/m0/s1. The Labute approximate surface area is 158 Å². The third kappa shape index (κ3) is 4.68. The van der Waals surface area contributed by atoms with E-state index in [1.54, 1.807) is 12.1 Å². The molecule has 0 spiro atoms. The lowest BCUT2D eigenvalue weighted by atomic mass is 10.2. The van der Waals surface area contributed by atoms with E-state index >= 15 is 0 Å². The molecule has 3 rings (SSSR count). The number of ether oxygens (including phenoxy) is 1. The third-order valence-electron chi connectivity index (χ3n) is 3.92. The second kappa shape index (κ2) is 8.26. The van der Waals surface area contributed by atoms with Crippen LogP contribution in [0, 0.1) is 10.1 Å². The first-order valence-electron chi connectivity index (χ1n) is 8.08. The molecule has 0 unspecified atom stereocenters. The van der Waals surface area contributed by atoms with Gasteiger partial charge in [0.1, 0.15) is 0 Å². The summed E-state index contributed by atoms with van der Waals surface area (Å²) in [6.07, 6.45) is 0.367. The number of aliphatic hydroxyl groups excluding tert-OH is 1. The Morgan fingerprint density at radius 2 is 2.00 bits per heavy atom. The van der Waals surface area contributed by atoms with Crippen LogP contribution in [-0.2, 0) is 17.9 Å². The van der Waals surface area contributed by atoms with E-state index in [-0.39, 0.29) is 24.2 Å². The van der Waals surface area contributed by atoms with E-state index in [1.165, 1.54) is 29.1 Å². The molecule has 0 bridgehead atoms. The van der Waals surface area contributed by atoms with Gasteiger partial charge in [-0.1, -0.05) is 23.7 Å². The molecule has 0 amide bonds. The molecule has 2 aromatic carbocycles. The number of rotatable bonds is 7. The van der Waals surface area contributed by atoms with Crippen molar-refractivity contribution in [3.05, 3.63) is 79.8 Å². The summed E-state index contributed by atoms with van der Waals surface area (Å²) in [6, 6.07) is 11.0. The number of nitrogens with zero attached hydrogens (tertiary/aromatic N) is 3. The van der Waals surface area contributed by atoms with Gasteiger partial charge in [0.15, 0.2) is 0 Å². The quantitative estimate of drug-likeness (QED) is 0.491. The molecule has 0 radical (unpaired) electrons. The highest BCUT2D eigenvalue weighted by Gasteiger charge is 2.13. The van der Waals surface area contributed by atoms with Crippen LogP contribution in [0.3, 0.4) is 0 Å². The van der Waals surface area contributed by atoms with E-state index in [2.05, 4.69) is 4.98 Å². The van der Waals surface area contributed by atoms with E-state index in [4.69, 9.17) is 16.3 Å². The summed E-state index contributed by atoms with van der Waals surface area (Å²) in [4.78, 5) is 26.9. The van der Waals surface area contributed by atoms with Crippen LogP contribution in [0.4, 0.5) is 5.69 Å². The fourth-order valence-corrected chi connectivity index (χ4v) is 2.69. The molecule has 0 fully saturated rings. The summed E-state index contributed by atoms with van der Waals surface area (Å²) in [5.74, 6) is 0. The number of hydrogen-bond acceptors (Lipinski definition) is 6. The summed E-state index contributed by atoms with van der Waals surface area (Å²) in [5.41, 5.74) is 0.616. The van der Waals surface area contributed by atoms with Crippen LogP contribution in [0.15, 0.2) is 53.6 Å². The predicted octanol–water partition coefficient (Wildman–Crippen LogP) is 2.54. The number of fused-ring (bicyclic) bond motifs is 1. The SMILES string of the molecule is O=c1c2cc([N+](=O)[O-])ccc2ncn1C[C@H](O)COCc1ccc(Cl)cc1. The number of benzene rings is 2. The van der Waals surface area contributed by atoms with Crippen LogP contribution < -0.4 is 5.56 Å². The molecule has 0 aliphatic carbocycles. The van der Waals surface area contributed by atoms with Gasteiger partial charge in [-0.05, 0) is 23.8 Å². The Morgan fingerprint density at radius 3 is 2.70 bits per heavy atom. The molecule has 9 heteroatoms. The molecule has 1 atom stereocenters. The van der Waals surface area contributed by atoms with Crippen molar-refractivity contribution < 1.29 is 14.8 Å². The largest absolute Gasteiger partial charge is 0.389 e. The molecule has 3 aromatic rings. The molecule has 0 aliphatic rings. The van der Waals surface area contributed by atoms with Gasteiger partial charge in [-0.2, -0.15) is 0 Å². The van der Waals surface area contributed by atoms with E-state index in [1.807, 2.05) is 12.1 Å². The molecule has 0 saturated carbocycles. The van der Waals surface area contributed by atoms with Gasteiger partial charge in [0, 0.05) is 17.2 Å². The van der Waals surface area contributed by atoms with Gasteiger partial charge in [0.25, 0.3) is 11.2 Å². The molecule has 0 saturated heterocycles.